The van der Waals surface area contributed by atoms with Crippen LogP contribution >= 0.6 is 15.9 Å². The Kier molecular flexibility index (Phi) is 7.72. The van der Waals surface area contributed by atoms with Crippen molar-refractivity contribution in [3.05, 3.63) is 0 Å². The number of hydrogen-bond donors (Lipinski definition) is 0. The third-order valence-electron chi connectivity index (χ3n) is 3.44. The molecule has 2 atom stereocenters. The van der Waals surface area contributed by atoms with Crippen molar-refractivity contribution < 1.29 is 4.74 Å². The molecule has 1 rings (SSSR count). The summed E-state index contributed by atoms with van der Waals surface area (Å²) in [6, 6.07) is 0. The summed E-state index contributed by atoms with van der Waals surface area (Å²) >= 11 is 3.45. The van der Waals surface area contributed by atoms with Gasteiger partial charge in [0.05, 0.1) is 6.10 Å². The second-order valence-corrected chi connectivity index (χ2v) is 5.48. The van der Waals surface area contributed by atoms with Crippen molar-refractivity contribution in [2.75, 3.05) is 11.9 Å². The molecule has 1 aliphatic rings. The molecule has 1 aliphatic carbocycles. The fraction of sp³-hybridized carbons (Fsp3) is 1.00. The predicted octanol–water partition coefficient (Wildman–Crippen LogP) is 4.54. The number of alkyl halides is 1. The first-order valence-corrected chi connectivity index (χ1v) is 7.66. The van der Waals surface area contributed by atoms with Gasteiger partial charge in [-0.1, -0.05) is 48.5 Å². The van der Waals surface area contributed by atoms with Crippen LogP contribution in [0.2, 0.25) is 0 Å². The van der Waals surface area contributed by atoms with Crippen LogP contribution in [0.25, 0.3) is 0 Å². The van der Waals surface area contributed by atoms with Crippen molar-refractivity contribution in [1.29, 1.82) is 0 Å². The Morgan fingerprint density at radius 3 is 2.80 bits per heavy atom. The second kappa shape index (κ2) is 8.58. The van der Waals surface area contributed by atoms with E-state index >= 15 is 0 Å². The molecule has 0 aliphatic heterocycles. The van der Waals surface area contributed by atoms with E-state index in [1.165, 1.54) is 51.4 Å². The molecule has 0 bridgehead atoms. The van der Waals surface area contributed by atoms with Crippen LogP contribution in [0.5, 0.6) is 0 Å². The summed E-state index contributed by atoms with van der Waals surface area (Å²) < 4.78 is 5.95. The van der Waals surface area contributed by atoms with Crippen LogP contribution < -0.4 is 0 Å². The first-order valence-electron chi connectivity index (χ1n) is 6.54. The number of unbranched alkanes of at least 4 members (excludes halogenated alkanes) is 2. The summed E-state index contributed by atoms with van der Waals surface area (Å²) in [6.45, 7) is 3.29. The highest BCUT2D eigenvalue weighted by molar-refractivity contribution is 9.09. The summed E-state index contributed by atoms with van der Waals surface area (Å²) in [6.07, 6.45) is 11.2. The highest BCUT2D eigenvalue weighted by Crippen LogP contribution is 2.28. The van der Waals surface area contributed by atoms with Gasteiger partial charge in [-0.15, -0.1) is 0 Å². The Bertz CT molecular complexity index is 149. The maximum absolute atomic E-state index is 5.95. The van der Waals surface area contributed by atoms with Crippen LogP contribution in [-0.2, 0) is 4.74 Å². The van der Waals surface area contributed by atoms with Crippen LogP contribution in [0.3, 0.4) is 0 Å². The Labute approximate surface area is 103 Å². The van der Waals surface area contributed by atoms with Gasteiger partial charge in [-0.25, -0.2) is 0 Å². The standard InChI is InChI=1S/C13H25BrO/c1-2-12-7-6-8-13(11-12)15-10-5-3-4-9-14/h12-13H,2-11H2,1H3. The lowest BCUT2D eigenvalue weighted by Gasteiger charge is -2.28. The average Bonchev–Trinajstić information content (AvgIpc) is 2.29. The fourth-order valence-corrected chi connectivity index (χ4v) is 2.78. The molecule has 2 unspecified atom stereocenters. The molecular formula is C13H25BrO. The molecule has 2 heteroatoms. The number of halogens is 1. The maximum Gasteiger partial charge on any atom is 0.0577 e. The van der Waals surface area contributed by atoms with Crippen LogP contribution in [0, 0.1) is 5.92 Å². The molecule has 0 heterocycles. The van der Waals surface area contributed by atoms with Crippen LogP contribution in [-0.4, -0.2) is 18.0 Å². The third kappa shape index (κ3) is 5.91. The molecule has 0 amide bonds. The zero-order valence-electron chi connectivity index (χ0n) is 10.0. The largest absolute Gasteiger partial charge is 0.378 e. The van der Waals surface area contributed by atoms with Gasteiger partial charge in [-0.05, 0) is 31.6 Å². The Morgan fingerprint density at radius 2 is 2.07 bits per heavy atom. The third-order valence-corrected chi connectivity index (χ3v) is 4.00. The molecule has 0 aromatic heterocycles. The van der Waals surface area contributed by atoms with E-state index in [0.29, 0.717) is 6.10 Å². The maximum atomic E-state index is 5.95. The SMILES string of the molecule is CCC1CCCC(OCCCCCBr)C1. The lowest BCUT2D eigenvalue weighted by atomic mass is 9.85. The first-order chi connectivity index (χ1) is 7.36. The van der Waals surface area contributed by atoms with Gasteiger partial charge in [0.15, 0.2) is 0 Å². The van der Waals surface area contributed by atoms with Gasteiger partial charge in [0, 0.05) is 11.9 Å². The van der Waals surface area contributed by atoms with E-state index in [4.69, 9.17) is 4.74 Å². The minimum atomic E-state index is 0.577. The van der Waals surface area contributed by atoms with Crippen molar-refractivity contribution in [3.8, 4) is 0 Å². The molecule has 0 radical (unpaired) electrons. The normalized spacial score (nSPS) is 26.8. The molecule has 1 nitrogen and oxygen atoms in total. The predicted molar refractivity (Wildman–Crippen MR) is 69.6 cm³/mol. The number of hydrogen-bond acceptors (Lipinski definition) is 1. The molecule has 0 aromatic rings. The zero-order chi connectivity index (χ0) is 10.9. The van der Waals surface area contributed by atoms with Crippen LogP contribution in [0.1, 0.15) is 58.3 Å². The second-order valence-electron chi connectivity index (χ2n) is 4.68. The van der Waals surface area contributed by atoms with E-state index in [9.17, 15) is 0 Å². The van der Waals surface area contributed by atoms with Crippen LogP contribution in [0.4, 0.5) is 0 Å². The molecule has 0 aromatic carbocycles. The quantitative estimate of drug-likeness (QED) is 0.490. The van der Waals surface area contributed by atoms with E-state index in [0.717, 1.165) is 17.9 Å². The average molecular weight is 277 g/mol. The molecule has 0 saturated heterocycles. The van der Waals surface area contributed by atoms with Crippen LogP contribution in [0.15, 0.2) is 0 Å². The van der Waals surface area contributed by atoms with E-state index in [1.807, 2.05) is 0 Å². The molecule has 1 saturated carbocycles. The van der Waals surface area contributed by atoms with Crippen molar-refractivity contribution >= 4 is 15.9 Å². The summed E-state index contributed by atoms with van der Waals surface area (Å²) in [5, 5.41) is 1.13. The fourth-order valence-electron chi connectivity index (χ4n) is 2.39. The minimum absolute atomic E-state index is 0.577. The molecule has 0 spiro atoms. The highest BCUT2D eigenvalue weighted by Gasteiger charge is 2.20. The Hall–Kier alpha value is 0.440. The number of rotatable bonds is 7. The van der Waals surface area contributed by atoms with Crippen molar-refractivity contribution in [2.24, 2.45) is 5.92 Å². The molecule has 1 fully saturated rings. The smallest absolute Gasteiger partial charge is 0.0577 e. The lowest BCUT2D eigenvalue weighted by molar-refractivity contribution is 0.0108. The molecular weight excluding hydrogens is 252 g/mol. The monoisotopic (exact) mass is 276 g/mol. The van der Waals surface area contributed by atoms with E-state index < -0.39 is 0 Å². The van der Waals surface area contributed by atoms with E-state index in [2.05, 4.69) is 22.9 Å². The summed E-state index contributed by atoms with van der Waals surface area (Å²) in [5.41, 5.74) is 0. The van der Waals surface area contributed by atoms with Crippen molar-refractivity contribution in [3.63, 3.8) is 0 Å². The number of ether oxygens (including phenoxy) is 1. The van der Waals surface area contributed by atoms with Gasteiger partial charge in [0.1, 0.15) is 0 Å². The van der Waals surface area contributed by atoms with Gasteiger partial charge in [0.25, 0.3) is 0 Å². The summed E-state index contributed by atoms with van der Waals surface area (Å²) in [4.78, 5) is 0. The minimum Gasteiger partial charge on any atom is -0.378 e. The van der Waals surface area contributed by atoms with Crippen molar-refractivity contribution in [1.82, 2.24) is 0 Å². The van der Waals surface area contributed by atoms with Crippen molar-refractivity contribution in [2.45, 2.75) is 64.4 Å². The van der Waals surface area contributed by atoms with Gasteiger partial charge in [-0.2, -0.15) is 0 Å². The Morgan fingerprint density at radius 1 is 1.20 bits per heavy atom. The zero-order valence-corrected chi connectivity index (χ0v) is 11.6. The summed E-state index contributed by atoms with van der Waals surface area (Å²) in [7, 11) is 0. The highest BCUT2D eigenvalue weighted by atomic mass is 79.9. The van der Waals surface area contributed by atoms with E-state index in [-0.39, 0.29) is 0 Å². The first kappa shape index (κ1) is 13.5. The van der Waals surface area contributed by atoms with E-state index in [1.54, 1.807) is 0 Å². The van der Waals surface area contributed by atoms with Gasteiger partial charge in [-0.3, -0.25) is 0 Å². The van der Waals surface area contributed by atoms with Gasteiger partial charge >= 0.3 is 0 Å². The molecule has 0 N–H and O–H groups in total. The summed E-state index contributed by atoms with van der Waals surface area (Å²) in [5.74, 6) is 0.936. The van der Waals surface area contributed by atoms with Gasteiger partial charge in [0.2, 0.25) is 0 Å². The Balaban J connectivity index is 2.00. The molecule has 15 heavy (non-hydrogen) atoms. The lowest BCUT2D eigenvalue weighted by Crippen LogP contribution is -2.23. The molecule has 90 valence electrons. The topological polar surface area (TPSA) is 9.23 Å². The van der Waals surface area contributed by atoms with Gasteiger partial charge < -0.3 is 4.74 Å².